The van der Waals surface area contributed by atoms with Gasteiger partial charge in [-0.3, -0.25) is 4.79 Å². The molecule has 0 fully saturated rings. The van der Waals surface area contributed by atoms with Crippen LogP contribution in [-0.2, 0) is 9.53 Å². The van der Waals surface area contributed by atoms with Gasteiger partial charge >= 0.3 is 5.97 Å². The summed E-state index contributed by atoms with van der Waals surface area (Å²) in [6.45, 7) is 5.71. The maximum Gasteiger partial charge on any atom is 0.344 e. The van der Waals surface area contributed by atoms with Crippen LogP contribution in [0.5, 0.6) is 11.5 Å². The van der Waals surface area contributed by atoms with Gasteiger partial charge in [-0.25, -0.2) is 9.78 Å². The molecule has 3 aromatic rings. The Morgan fingerprint density at radius 2 is 2.00 bits per heavy atom. The molecule has 3 rings (SSSR count). The first-order valence-corrected chi connectivity index (χ1v) is 10.9. The summed E-state index contributed by atoms with van der Waals surface area (Å²) in [6.07, 6.45) is 1.55. The Balaban J connectivity index is 1.94. The molecule has 168 valence electrons. The standard InChI is InChI=1S/C23H24BrN3O5/c1-5-31-21(28)13-32-19-9-6-15(10-20(19)30-4)12-25-27-22(14(2)3)26-18-8-7-16(24)11-17(18)23(27)29/h6-12,14H,5,13H2,1-4H3. The molecule has 0 amide bonds. The van der Waals surface area contributed by atoms with Crippen molar-refractivity contribution in [1.29, 1.82) is 0 Å². The van der Waals surface area contributed by atoms with Crippen molar-refractivity contribution in [3.63, 3.8) is 0 Å². The van der Waals surface area contributed by atoms with Crippen LogP contribution in [0, 0.1) is 0 Å². The number of hydrogen-bond acceptors (Lipinski definition) is 7. The lowest BCUT2D eigenvalue weighted by Crippen LogP contribution is -2.23. The number of esters is 1. The van der Waals surface area contributed by atoms with Crippen LogP contribution in [0.4, 0.5) is 0 Å². The second kappa shape index (κ2) is 10.4. The van der Waals surface area contributed by atoms with Gasteiger partial charge in [-0.05, 0) is 48.9 Å². The normalized spacial score (nSPS) is 11.3. The summed E-state index contributed by atoms with van der Waals surface area (Å²) in [6, 6.07) is 10.5. The molecule has 0 aliphatic carbocycles. The number of ether oxygens (including phenoxy) is 3. The van der Waals surface area contributed by atoms with Crippen LogP contribution in [-0.4, -0.2) is 42.2 Å². The van der Waals surface area contributed by atoms with Crippen molar-refractivity contribution >= 4 is 39.0 Å². The van der Waals surface area contributed by atoms with Crippen molar-refractivity contribution in [2.75, 3.05) is 20.3 Å². The van der Waals surface area contributed by atoms with Crippen molar-refractivity contribution in [2.45, 2.75) is 26.7 Å². The Hall–Kier alpha value is -3.20. The van der Waals surface area contributed by atoms with Crippen LogP contribution in [0.15, 0.2) is 50.8 Å². The molecule has 0 unspecified atom stereocenters. The topological polar surface area (TPSA) is 92.0 Å². The highest BCUT2D eigenvalue weighted by molar-refractivity contribution is 9.10. The third kappa shape index (κ3) is 5.34. The lowest BCUT2D eigenvalue weighted by atomic mass is 10.2. The van der Waals surface area contributed by atoms with Crippen LogP contribution >= 0.6 is 15.9 Å². The van der Waals surface area contributed by atoms with E-state index in [-0.39, 0.29) is 24.7 Å². The van der Waals surface area contributed by atoms with E-state index in [1.807, 2.05) is 19.9 Å². The number of carbonyl (C=O) groups is 1. The third-order valence-electron chi connectivity index (χ3n) is 4.51. The molecule has 8 nitrogen and oxygen atoms in total. The number of halogens is 1. The van der Waals surface area contributed by atoms with Gasteiger partial charge in [0, 0.05) is 10.4 Å². The SMILES string of the molecule is CCOC(=O)COc1ccc(C=Nn2c(C(C)C)nc3ccc(Br)cc3c2=O)cc1OC. The van der Waals surface area contributed by atoms with Crippen molar-refractivity contribution in [3.05, 3.63) is 62.6 Å². The van der Waals surface area contributed by atoms with Gasteiger partial charge in [-0.2, -0.15) is 9.78 Å². The maximum atomic E-state index is 13.1. The van der Waals surface area contributed by atoms with Crippen LogP contribution in [0.1, 0.15) is 38.1 Å². The molecule has 0 saturated carbocycles. The van der Waals surface area contributed by atoms with E-state index in [0.717, 1.165) is 4.47 Å². The summed E-state index contributed by atoms with van der Waals surface area (Å²) in [5.41, 5.74) is 1.05. The van der Waals surface area contributed by atoms with Gasteiger partial charge in [0.25, 0.3) is 5.56 Å². The minimum Gasteiger partial charge on any atom is -0.493 e. The molecule has 0 bridgehead atoms. The van der Waals surface area contributed by atoms with Gasteiger partial charge < -0.3 is 14.2 Å². The van der Waals surface area contributed by atoms with E-state index < -0.39 is 5.97 Å². The third-order valence-corrected chi connectivity index (χ3v) is 5.00. The number of hydrogen-bond donors (Lipinski definition) is 0. The van der Waals surface area contributed by atoms with Crippen molar-refractivity contribution in [3.8, 4) is 11.5 Å². The number of fused-ring (bicyclic) bond motifs is 1. The molecule has 0 aliphatic rings. The summed E-state index contributed by atoms with van der Waals surface area (Å²) >= 11 is 3.40. The molecule has 0 saturated heterocycles. The molecule has 1 aromatic heterocycles. The summed E-state index contributed by atoms with van der Waals surface area (Å²) in [7, 11) is 1.50. The van der Waals surface area contributed by atoms with Gasteiger partial charge in [0.15, 0.2) is 18.1 Å². The maximum absolute atomic E-state index is 13.1. The average molecular weight is 502 g/mol. The predicted octanol–water partition coefficient (Wildman–Crippen LogP) is 4.12. The Morgan fingerprint density at radius 3 is 2.69 bits per heavy atom. The zero-order chi connectivity index (χ0) is 23.3. The number of nitrogens with zero attached hydrogens (tertiary/aromatic N) is 3. The van der Waals surface area contributed by atoms with Gasteiger partial charge in [-0.1, -0.05) is 29.8 Å². The van der Waals surface area contributed by atoms with E-state index in [1.54, 1.807) is 43.5 Å². The first kappa shape index (κ1) is 23.5. The number of carbonyl (C=O) groups excluding carboxylic acids is 1. The van der Waals surface area contributed by atoms with Crippen LogP contribution < -0.4 is 15.0 Å². The van der Waals surface area contributed by atoms with E-state index >= 15 is 0 Å². The second-order valence-electron chi connectivity index (χ2n) is 7.15. The molecule has 0 spiro atoms. The lowest BCUT2D eigenvalue weighted by Gasteiger charge is -2.12. The van der Waals surface area contributed by atoms with Gasteiger partial charge in [0.05, 0.1) is 30.8 Å². The highest BCUT2D eigenvalue weighted by Crippen LogP contribution is 2.27. The number of benzene rings is 2. The largest absolute Gasteiger partial charge is 0.493 e. The highest BCUT2D eigenvalue weighted by Gasteiger charge is 2.14. The minimum absolute atomic E-state index is 0.0129. The molecule has 0 aliphatic heterocycles. The van der Waals surface area contributed by atoms with Crippen LogP contribution in [0.3, 0.4) is 0 Å². The average Bonchev–Trinajstić information content (AvgIpc) is 2.77. The summed E-state index contributed by atoms with van der Waals surface area (Å²) < 4.78 is 17.8. The molecule has 0 N–H and O–H groups in total. The fraction of sp³-hybridized carbons (Fsp3) is 0.304. The van der Waals surface area contributed by atoms with Crippen molar-refractivity contribution in [1.82, 2.24) is 9.66 Å². The van der Waals surface area contributed by atoms with E-state index in [9.17, 15) is 9.59 Å². The molecular formula is C23H24BrN3O5. The number of methoxy groups -OCH3 is 1. The Bertz CT molecular complexity index is 1220. The Morgan fingerprint density at radius 1 is 1.22 bits per heavy atom. The highest BCUT2D eigenvalue weighted by atomic mass is 79.9. The molecule has 32 heavy (non-hydrogen) atoms. The lowest BCUT2D eigenvalue weighted by molar-refractivity contribution is -0.145. The Labute approximate surface area is 194 Å². The molecule has 1 heterocycles. The summed E-state index contributed by atoms with van der Waals surface area (Å²) in [5.74, 6) is 0.907. The van der Waals surface area contributed by atoms with Gasteiger partial charge in [0.1, 0.15) is 5.82 Å². The monoisotopic (exact) mass is 501 g/mol. The van der Waals surface area contributed by atoms with Crippen molar-refractivity contribution < 1.29 is 19.0 Å². The van der Waals surface area contributed by atoms with Crippen LogP contribution in [0.2, 0.25) is 0 Å². The number of aromatic nitrogens is 2. The van der Waals surface area contributed by atoms with E-state index in [0.29, 0.717) is 33.8 Å². The fourth-order valence-corrected chi connectivity index (χ4v) is 3.36. The van der Waals surface area contributed by atoms with Crippen molar-refractivity contribution in [2.24, 2.45) is 5.10 Å². The first-order valence-electron chi connectivity index (χ1n) is 10.1. The number of rotatable bonds is 8. The van der Waals surface area contributed by atoms with Gasteiger partial charge in [-0.15, -0.1) is 0 Å². The Kier molecular flexibility index (Phi) is 7.63. The van der Waals surface area contributed by atoms with E-state index in [1.165, 1.54) is 11.8 Å². The smallest absolute Gasteiger partial charge is 0.344 e. The predicted molar refractivity (Wildman–Crippen MR) is 126 cm³/mol. The zero-order valence-corrected chi connectivity index (χ0v) is 19.9. The molecule has 2 aromatic carbocycles. The van der Waals surface area contributed by atoms with Gasteiger partial charge in [0.2, 0.25) is 0 Å². The molecule has 0 atom stereocenters. The second-order valence-corrected chi connectivity index (χ2v) is 8.07. The quantitative estimate of drug-likeness (QED) is 0.340. The first-order chi connectivity index (χ1) is 15.3. The minimum atomic E-state index is -0.462. The molecule has 0 radical (unpaired) electrons. The van der Waals surface area contributed by atoms with Crippen LogP contribution in [0.25, 0.3) is 10.9 Å². The molecule has 9 heteroatoms. The summed E-state index contributed by atoms with van der Waals surface area (Å²) in [4.78, 5) is 29.3. The van der Waals surface area contributed by atoms with E-state index in [4.69, 9.17) is 14.2 Å². The zero-order valence-electron chi connectivity index (χ0n) is 18.3. The fourth-order valence-electron chi connectivity index (χ4n) is 3.00. The summed E-state index contributed by atoms with van der Waals surface area (Å²) in [5, 5.41) is 4.88. The molecular weight excluding hydrogens is 478 g/mol. The van der Waals surface area contributed by atoms with E-state index in [2.05, 4.69) is 26.0 Å².